The van der Waals surface area contributed by atoms with E-state index in [-0.39, 0.29) is 38.6 Å². The molecule has 0 saturated heterocycles. The van der Waals surface area contributed by atoms with E-state index in [2.05, 4.69) is 0 Å². The fraction of sp³-hybridized carbons (Fsp3) is 0. The summed E-state index contributed by atoms with van der Waals surface area (Å²) in [7, 11) is 0. The minimum Gasteiger partial charge on any atom is -0.693 e. The second-order valence-corrected chi connectivity index (χ2v) is 0.211. The first-order valence-corrected chi connectivity index (χ1v) is 0.988. The molecule has 0 fully saturated rings. The van der Waals surface area contributed by atoms with E-state index < -0.39 is 0 Å². The minimum absolute atomic E-state index is 0. The second-order valence-electron chi connectivity index (χ2n) is 0.211. The van der Waals surface area contributed by atoms with E-state index >= 15 is 0 Å². The van der Waals surface area contributed by atoms with Crippen molar-refractivity contribution in [2.24, 2.45) is 0 Å². The summed E-state index contributed by atoms with van der Waals surface area (Å²) in [6, 6.07) is 0. The van der Waals surface area contributed by atoms with Gasteiger partial charge in [-0.25, -0.2) is 0 Å². The second kappa shape index (κ2) is 85.8. The van der Waals surface area contributed by atoms with Crippen LogP contribution in [0.4, 0.5) is 0 Å². The third kappa shape index (κ3) is 497. The summed E-state index contributed by atoms with van der Waals surface area (Å²) in [6.45, 7) is -0.500. The van der Waals surface area contributed by atoms with Crippen LogP contribution in [0.2, 0.25) is 0 Å². The summed E-state index contributed by atoms with van der Waals surface area (Å²) in [5.41, 5.74) is 0. The van der Waals surface area contributed by atoms with Crippen LogP contribution in [0.5, 0.6) is 0 Å². The summed E-state index contributed by atoms with van der Waals surface area (Å²) in [5, 5.41) is 13.8. The zero-order valence-corrected chi connectivity index (χ0v) is 7.12. The van der Waals surface area contributed by atoms with Gasteiger partial charge in [-0.05, 0) is 0 Å². The van der Waals surface area contributed by atoms with Crippen LogP contribution in [-0.4, -0.2) is 23.2 Å². The van der Waals surface area contributed by atoms with E-state index in [1.165, 1.54) is 0 Å². The van der Waals surface area contributed by atoms with Crippen molar-refractivity contribution in [2.75, 3.05) is 0 Å². The molecular weight excluding hydrogens is 167 g/mol. The summed E-state index contributed by atoms with van der Waals surface area (Å²) >= 11 is 0. The molecule has 8 heavy (non-hydrogen) atoms. The molecule has 4 N–H and O–H groups in total. The molecule has 0 spiro atoms. The molecular formula is C2H6NO4Zn-. The molecule has 5 nitrogen and oxygen atoms in total. The van der Waals surface area contributed by atoms with Gasteiger partial charge in [0.2, 0.25) is 0 Å². The summed E-state index contributed by atoms with van der Waals surface area (Å²) in [4.78, 5) is 16.7. The van der Waals surface area contributed by atoms with Gasteiger partial charge in [0.1, 0.15) is 0 Å². The van der Waals surface area contributed by atoms with Crippen molar-refractivity contribution in [1.82, 2.24) is 0 Å². The van der Waals surface area contributed by atoms with Crippen LogP contribution < -0.4 is 0 Å². The molecule has 0 atom stereocenters. The van der Waals surface area contributed by atoms with Gasteiger partial charge in [-0.2, -0.15) is 0 Å². The number of carbonyl (C=O) groups is 2. The largest absolute Gasteiger partial charge is 0.693 e. The smallest absolute Gasteiger partial charge is 0.290 e. The first-order valence-electron chi connectivity index (χ1n) is 0.988. The number of nitrogens with two attached hydrogens (primary N) is 1. The minimum atomic E-state index is -0.250. The molecule has 0 rings (SSSR count). The Bertz CT molecular complexity index is 35.0. The van der Waals surface area contributed by atoms with Crippen molar-refractivity contribution >= 4 is 12.9 Å². The van der Waals surface area contributed by atoms with Crippen LogP contribution in [-0.2, 0) is 29.1 Å². The Kier molecular flexibility index (Phi) is 276. The van der Waals surface area contributed by atoms with Gasteiger partial charge in [-0.3, -0.25) is 9.59 Å². The Morgan fingerprint density at radius 2 is 1.00 bits per heavy atom. The molecule has 0 aromatic rings. The monoisotopic (exact) mass is 172 g/mol. The van der Waals surface area contributed by atoms with Gasteiger partial charge >= 0.3 is 0 Å². The fourth-order valence-corrected chi connectivity index (χ4v) is 0. The van der Waals surface area contributed by atoms with Crippen LogP contribution in [0.25, 0.3) is 6.15 Å². The molecule has 0 aromatic carbocycles. The molecule has 0 aliphatic rings. The van der Waals surface area contributed by atoms with Gasteiger partial charge in [-0.15, -0.1) is 0 Å². The van der Waals surface area contributed by atoms with E-state index in [4.69, 9.17) is 19.8 Å². The zero-order chi connectivity index (χ0) is 5.41. The topological polar surface area (TPSA) is 108 Å². The SMILES string of the molecule is O=CO.O=CO.[NH2-].[Zn]. The average Bonchev–Trinajstić information content (AvgIpc) is 1.39. The molecule has 0 aromatic heterocycles. The number of carboxylic acid groups (broad SMARTS) is 2. The maximum atomic E-state index is 8.36. The predicted molar refractivity (Wildman–Crippen MR) is 22.7 cm³/mol. The molecule has 0 heterocycles. The maximum absolute atomic E-state index is 8.36. The van der Waals surface area contributed by atoms with Crippen molar-refractivity contribution in [3.63, 3.8) is 0 Å². The van der Waals surface area contributed by atoms with E-state index in [1.54, 1.807) is 0 Å². The van der Waals surface area contributed by atoms with Gasteiger partial charge in [0, 0.05) is 19.5 Å². The summed E-state index contributed by atoms with van der Waals surface area (Å²) < 4.78 is 0. The molecule has 0 saturated carbocycles. The standard InChI is InChI=1S/2CH2O2.H2N.Zn/c2*2-1-3;;/h2*1H,(H,2,3);1H2;/q;;-1;. The third-order valence-corrected chi connectivity index (χ3v) is 0. The van der Waals surface area contributed by atoms with E-state index in [0.717, 1.165) is 0 Å². The molecule has 0 radical (unpaired) electrons. The van der Waals surface area contributed by atoms with Crippen molar-refractivity contribution in [3.8, 4) is 0 Å². The van der Waals surface area contributed by atoms with Crippen LogP contribution in [0.15, 0.2) is 0 Å². The predicted octanol–water partition coefficient (Wildman–Crippen LogP) is 0.116. The van der Waals surface area contributed by atoms with E-state index in [1.807, 2.05) is 0 Å². The number of rotatable bonds is 0. The van der Waals surface area contributed by atoms with Gasteiger partial charge < -0.3 is 16.4 Å². The Morgan fingerprint density at radius 3 is 1.00 bits per heavy atom. The first-order chi connectivity index (χ1) is 2.83. The molecule has 0 aliphatic heterocycles. The van der Waals surface area contributed by atoms with Gasteiger partial charge in [0.25, 0.3) is 12.9 Å². The van der Waals surface area contributed by atoms with Gasteiger partial charge in [0.15, 0.2) is 0 Å². The quantitative estimate of drug-likeness (QED) is 0.400. The van der Waals surface area contributed by atoms with Crippen molar-refractivity contribution in [2.45, 2.75) is 0 Å². The van der Waals surface area contributed by atoms with E-state index in [9.17, 15) is 0 Å². The van der Waals surface area contributed by atoms with Gasteiger partial charge in [-0.1, -0.05) is 0 Å². The van der Waals surface area contributed by atoms with E-state index in [0.29, 0.717) is 0 Å². The number of hydrogen-bond acceptors (Lipinski definition) is 2. The third-order valence-electron chi connectivity index (χ3n) is 0. The summed E-state index contributed by atoms with van der Waals surface area (Å²) in [6.07, 6.45) is 0. The Morgan fingerprint density at radius 1 is 1.00 bits per heavy atom. The van der Waals surface area contributed by atoms with Crippen LogP contribution in [0, 0.1) is 0 Å². The van der Waals surface area contributed by atoms with Crippen molar-refractivity contribution in [1.29, 1.82) is 0 Å². The molecule has 6 heteroatoms. The Hall–Kier alpha value is -0.477. The first kappa shape index (κ1) is 25.8. The molecule has 0 aliphatic carbocycles. The molecule has 0 bridgehead atoms. The van der Waals surface area contributed by atoms with Gasteiger partial charge in [0.05, 0.1) is 0 Å². The van der Waals surface area contributed by atoms with Crippen LogP contribution in [0.3, 0.4) is 0 Å². The Balaban J connectivity index is -0.0000000160. The van der Waals surface area contributed by atoms with Crippen LogP contribution in [0.1, 0.15) is 0 Å². The normalized spacial score (nSPS) is 3.00. The van der Waals surface area contributed by atoms with Crippen LogP contribution >= 0.6 is 0 Å². The molecule has 0 amide bonds. The summed E-state index contributed by atoms with van der Waals surface area (Å²) in [5.74, 6) is 0. The number of hydrogen-bond donors (Lipinski definition) is 2. The maximum Gasteiger partial charge on any atom is 0.290 e. The molecule has 46 valence electrons. The zero-order valence-electron chi connectivity index (χ0n) is 4.15. The molecule has 0 unspecified atom stereocenters. The average molecular weight is 173 g/mol. The van der Waals surface area contributed by atoms with Crippen molar-refractivity contribution in [3.05, 3.63) is 6.15 Å². The Labute approximate surface area is 59.0 Å². The van der Waals surface area contributed by atoms with Crippen molar-refractivity contribution < 1.29 is 39.3 Å². The fourth-order valence-electron chi connectivity index (χ4n) is 0.